The van der Waals surface area contributed by atoms with Crippen LogP contribution in [0.5, 0.6) is 0 Å². The molecule has 0 radical (unpaired) electrons. The number of carbonyl (C=O) groups excluding carboxylic acids is 1. The lowest BCUT2D eigenvalue weighted by Gasteiger charge is -2.34. The van der Waals surface area contributed by atoms with Gasteiger partial charge < -0.3 is 20.3 Å². The Bertz CT molecular complexity index is 970. The number of piperidine rings is 2. The van der Waals surface area contributed by atoms with Crippen LogP contribution in [0.15, 0.2) is 39.9 Å². The second kappa shape index (κ2) is 10.2. The van der Waals surface area contributed by atoms with Crippen LogP contribution in [0.25, 0.3) is 0 Å². The lowest BCUT2D eigenvalue weighted by molar-refractivity contribution is 0.0983. The molecule has 0 saturated carbocycles. The molecule has 0 spiro atoms. The number of hydrogen-bond donors (Lipinski definition) is 2. The highest BCUT2D eigenvalue weighted by Crippen LogP contribution is 2.24. The number of amides is 1. The van der Waals surface area contributed by atoms with E-state index < -0.39 is 10.9 Å². The Balaban J connectivity index is 1.27. The number of benzene rings is 1. The van der Waals surface area contributed by atoms with Crippen LogP contribution in [-0.4, -0.2) is 60.8 Å². The van der Waals surface area contributed by atoms with Gasteiger partial charge in [0.25, 0.3) is 10.9 Å². The first kappa shape index (κ1) is 22.3. The molecule has 2 heterocycles. The summed E-state index contributed by atoms with van der Waals surface area (Å²) in [6.45, 7) is 6.16. The molecule has 0 bridgehead atoms. The van der Waals surface area contributed by atoms with Crippen molar-refractivity contribution in [2.75, 3.05) is 43.4 Å². The number of likely N-dealkylation sites (tertiary alicyclic amines) is 2. The first-order chi connectivity index (χ1) is 15.5. The monoisotopic (exact) mass is 440 g/mol. The van der Waals surface area contributed by atoms with E-state index in [1.54, 1.807) is 11.8 Å². The number of hydrogen-bond acceptors (Lipinski definition) is 7. The van der Waals surface area contributed by atoms with Gasteiger partial charge in [0.1, 0.15) is 11.4 Å². The molecule has 2 saturated heterocycles. The van der Waals surface area contributed by atoms with Crippen molar-refractivity contribution < 1.29 is 9.53 Å². The molecule has 4 rings (SSSR count). The molecule has 2 aliphatic heterocycles. The van der Waals surface area contributed by atoms with Crippen molar-refractivity contribution >= 4 is 17.5 Å². The largest absolute Gasteiger partial charge is 0.450 e. The molecule has 0 aromatic heterocycles. The summed E-state index contributed by atoms with van der Waals surface area (Å²) in [5, 5.41) is 6.60. The van der Waals surface area contributed by atoms with Gasteiger partial charge in [0.15, 0.2) is 0 Å². The first-order valence-corrected chi connectivity index (χ1v) is 11.6. The van der Waals surface area contributed by atoms with Crippen LogP contribution >= 0.6 is 0 Å². The third-order valence-electron chi connectivity index (χ3n) is 6.46. The molecule has 0 unspecified atom stereocenters. The highest BCUT2D eigenvalue weighted by atomic mass is 16.6. The Kier molecular flexibility index (Phi) is 7.09. The minimum Gasteiger partial charge on any atom is -0.450 e. The van der Waals surface area contributed by atoms with Crippen LogP contribution in [0.1, 0.15) is 38.2 Å². The van der Waals surface area contributed by atoms with E-state index in [-0.39, 0.29) is 18.2 Å². The summed E-state index contributed by atoms with van der Waals surface area (Å²) in [7, 11) is 0. The lowest BCUT2D eigenvalue weighted by atomic mass is 10.0. The third-order valence-corrected chi connectivity index (χ3v) is 6.46. The molecule has 8 heteroatoms. The normalized spacial score (nSPS) is 18.6. The summed E-state index contributed by atoms with van der Waals surface area (Å²) in [6.07, 6.45) is 3.01. The van der Waals surface area contributed by atoms with Gasteiger partial charge in [-0.25, -0.2) is 4.79 Å². The summed E-state index contributed by atoms with van der Waals surface area (Å²) in [4.78, 5) is 40.4. The molecule has 0 atom stereocenters. The van der Waals surface area contributed by atoms with Gasteiger partial charge in [-0.15, -0.1) is 0 Å². The number of carbonyl (C=O) groups is 1. The Hall–Kier alpha value is -2.87. The number of nitrogens with one attached hydrogen (secondary N) is 2. The van der Waals surface area contributed by atoms with Gasteiger partial charge in [0.2, 0.25) is 0 Å². The summed E-state index contributed by atoms with van der Waals surface area (Å²) < 4.78 is 5.05. The fraction of sp³-hybridized carbons (Fsp3) is 0.542. The van der Waals surface area contributed by atoms with Gasteiger partial charge in [-0.05, 0) is 38.2 Å². The quantitative estimate of drug-likeness (QED) is 0.639. The van der Waals surface area contributed by atoms with E-state index in [2.05, 4.69) is 39.8 Å². The van der Waals surface area contributed by atoms with Crippen LogP contribution in [0.3, 0.4) is 0 Å². The minimum atomic E-state index is -0.443. The van der Waals surface area contributed by atoms with E-state index in [1.165, 1.54) is 5.56 Å². The van der Waals surface area contributed by atoms with E-state index >= 15 is 0 Å². The zero-order valence-corrected chi connectivity index (χ0v) is 18.6. The van der Waals surface area contributed by atoms with E-state index in [0.717, 1.165) is 45.3 Å². The zero-order valence-electron chi connectivity index (χ0n) is 18.6. The number of anilines is 2. The average molecular weight is 441 g/mol. The van der Waals surface area contributed by atoms with E-state index in [4.69, 9.17) is 4.74 Å². The highest BCUT2D eigenvalue weighted by Gasteiger charge is 2.29. The van der Waals surface area contributed by atoms with Crippen LogP contribution in [0, 0.1) is 0 Å². The number of ether oxygens (including phenoxy) is 1. The molecule has 2 aliphatic rings. The molecule has 2 N–H and O–H groups in total. The van der Waals surface area contributed by atoms with Crippen LogP contribution < -0.4 is 21.5 Å². The predicted octanol–water partition coefficient (Wildman–Crippen LogP) is 2.39. The standard InChI is InChI=1S/C24H32N4O4/c1-2-32-24(31)28-14-10-19(11-15-28)26-21-20(22(29)23(21)30)25-18-8-12-27(13-9-18)16-17-6-4-3-5-7-17/h3-7,18-19,25-26H,2,8-16H2,1H3. The second-order valence-corrected chi connectivity index (χ2v) is 8.69. The zero-order chi connectivity index (χ0) is 22.5. The summed E-state index contributed by atoms with van der Waals surface area (Å²) in [6, 6.07) is 10.7. The first-order valence-electron chi connectivity index (χ1n) is 11.6. The molecule has 1 amide bonds. The molecular weight excluding hydrogens is 408 g/mol. The van der Waals surface area contributed by atoms with Gasteiger partial charge in [0.05, 0.1) is 6.61 Å². The summed E-state index contributed by atoms with van der Waals surface area (Å²) in [5.41, 5.74) is 1.28. The molecular formula is C24H32N4O4. The Morgan fingerprint density at radius 3 is 1.97 bits per heavy atom. The summed E-state index contributed by atoms with van der Waals surface area (Å²) in [5.74, 6) is 0. The molecule has 172 valence electrons. The van der Waals surface area contributed by atoms with Crippen molar-refractivity contribution in [3.05, 3.63) is 56.3 Å². The third kappa shape index (κ3) is 5.12. The fourth-order valence-corrected chi connectivity index (χ4v) is 4.57. The van der Waals surface area contributed by atoms with Crippen molar-refractivity contribution in [2.45, 2.75) is 51.2 Å². The van der Waals surface area contributed by atoms with Crippen LogP contribution in [-0.2, 0) is 11.3 Å². The van der Waals surface area contributed by atoms with Gasteiger partial charge >= 0.3 is 6.09 Å². The van der Waals surface area contributed by atoms with Gasteiger partial charge in [-0.3, -0.25) is 14.5 Å². The SMILES string of the molecule is CCOC(=O)N1CCC(Nc2c(NC3CCN(Cc4ccccc4)CC3)c(=O)c2=O)CC1. The maximum absolute atomic E-state index is 12.2. The number of rotatable bonds is 7. The molecule has 2 fully saturated rings. The molecule has 2 aromatic rings. The minimum absolute atomic E-state index is 0.0669. The topological polar surface area (TPSA) is 91.0 Å². The number of nitrogens with zero attached hydrogens (tertiary/aromatic N) is 2. The molecule has 2 aromatic carbocycles. The van der Waals surface area contributed by atoms with Crippen molar-refractivity contribution in [3.63, 3.8) is 0 Å². The molecule has 8 nitrogen and oxygen atoms in total. The van der Waals surface area contributed by atoms with Gasteiger partial charge in [0, 0.05) is 44.8 Å². The van der Waals surface area contributed by atoms with Crippen molar-refractivity contribution in [1.82, 2.24) is 9.80 Å². The Labute approximate surface area is 188 Å². The van der Waals surface area contributed by atoms with E-state index in [9.17, 15) is 14.4 Å². The predicted molar refractivity (Wildman–Crippen MR) is 125 cm³/mol. The summed E-state index contributed by atoms with van der Waals surface area (Å²) >= 11 is 0. The van der Waals surface area contributed by atoms with E-state index in [1.807, 2.05) is 6.07 Å². The highest BCUT2D eigenvalue weighted by molar-refractivity contribution is 5.74. The van der Waals surface area contributed by atoms with Crippen molar-refractivity contribution in [3.8, 4) is 0 Å². The van der Waals surface area contributed by atoms with Crippen LogP contribution in [0.4, 0.5) is 16.2 Å². The van der Waals surface area contributed by atoms with Crippen molar-refractivity contribution in [1.29, 1.82) is 0 Å². The molecule has 0 aliphatic carbocycles. The molecule has 32 heavy (non-hydrogen) atoms. The maximum atomic E-state index is 12.2. The Morgan fingerprint density at radius 1 is 0.906 bits per heavy atom. The second-order valence-electron chi connectivity index (χ2n) is 8.69. The average Bonchev–Trinajstić information content (AvgIpc) is 2.83. The van der Waals surface area contributed by atoms with E-state index in [0.29, 0.717) is 31.1 Å². The Morgan fingerprint density at radius 2 is 1.44 bits per heavy atom. The maximum Gasteiger partial charge on any atom is 0.409 e. The smallest absolute Gasteiger partial charge is 0.409 e. The van der Waals surface area contributed by atoms with Crippen LogP contribution in [0.2, 0.25) is 0 Å². The van der Waals surface area contributed by atoms with Gasteiger partial charge in [-0.2, -0.15) is 0 Å². The van der Waals surface area contributed by atoms with Crippen molar-refractivity contribution in [2.24, 2.45) is 0 Å². The fourth-order valence-electron chi connectivity index (χ4n) is 4.57. The van der Waals surface area contributed by atoms with Gasteiger partial charge in [-0.1, -0.05) is 30.3 Å². The lowest BCUT2D eigenvalue weighted by Crippen LogP contribution is -2.47.